The molecule has 0 bridgehead atoms. The van der Waals surface area contributed by atoms with Gasteiger partial charge < -0.3 is 14.6 Å². The summed E-state index contributed by atoms with van der Waals surface area (Å²) in [7, 11) is 4.03. The lowest BCUT2D eigenvalue weighted by Gasteiger charge is -2.09. The van der Waals surface area contributed by atoms with Crippen LogP contribution >= 0.6 is 0 Å². The normalized spacial score (nSPS) is 12.0. The number of esters is 2. The molecule has 1 N–H and O–H groups in total. The van der Waals surface area contributed by atoms with Crippen LogP contribution in [0.25, 0.3) is 0 Å². The Hall–Kier alpha value is -1.89. The summed E-state index contributed by atoms with van der Waals surface area (Å²) in [6, 6.07) is 0. The molecule has 1 heterocycles. The molecule has 0 amide bonds. The van der Waals surface area contributed by atoms with Gasteiger partial charge in [0.1, 0.15) is 5.56 Å². The van der Waals surface area contributed by atoms with E-state index >= 15 is 0 Å². The third-order valence-electron chi connectivity index (χ3n) is 2.33. The van der Waals surface area contributed by atoms with E-state index in [1.54, 1.807) is 7.05 Å². The summed E-state index contributed by atoms with van der Waals surface area (Å²) in [4.78, 5) is 22.5. The van der Waals surface area contributed by atoms with Crippen molar-refractivity contribution in [3.05, 3.63) is 17.5 Å². The summed E-state index contributed by atoms with van der Waals surface area (Å²) < 4.78 is 10.4. The Kier molecular flexibility index (Phi) is 4.22. The monoisotopic (exact) mass is 242 g/mol. The number of aryl methyl sites for hydroxylation is 1. The van der Waals surface area contributed by atoms with Crippen LogP contribution in [0.4, 0.5) is 0 Å². The fraction of sp³-hybridized carbons (Fsp3) is 0.500. The van der Waals surface area contributed by atoms with Gasteiger partial charge in [-0.1, -0.05) is 0 Å². The maximum absolute atomic E-state index is 11.4. The third-order valence-corrected chi connectivity index (χ3v) is 2.33. The van der Waals surface area contributed by atoms with Crippen molar-refractivity contribution >= 4 is 11.9 Å². The van der Waals surface area contributed by atoms with Crippen LogP contribution in [0.2, 0.25) is 0 Å². The third kappa shape index (κ3) is 2.82. The van der Waals surface area contributed by atoms with E-state index in [2.05, 4.69) is 14.6 Å². The van der Waals surface area contributed by atoms with Crippen molar-refractivity contribution in [3.8, 4) is 0 Å². The van der Waals surface area contributed by atoms with Crippen molar-refractivity contribution in [3.63, 3.8) is 0 Å². The van der Waals surface area contributed by atoms with E-state index < -0.39 is 18.0 Å². The largest absolute Gasteiger partial charge is 0.467 e. The Morgan fingerprint density at radius 2 is 2.12 bits per heavy atom. The minimum absolute atomic E-state index is 0.0619. The van der Waals surface area contributed by atoms with Gasteiger partial charge in [-0.25, -0.2) is 9.59 Å². The smallest absolute Gasteiger partial charge is 0.341 e. The lowest BCUT2D eigenvalue weighted by Crippen LogP contribution is -2.26. The fourth-order valence-electron chi connectivity index (χ4n) is 1.39. The van der Waals surface area contributed by atoms with Crippen LogP contribution in [-0.4, -0.2) is 47.1 Å². The van der Waals surface area contributed by atoms with Gasteiger partial charge in [0.25, 0.3) is 0 Å². The summed E-state index contributed by atoms with van der Waals surface area (Å²) in [6.07, 6.45) is -0.0718. The second-order valence-corrected chi connectivity index (χ2v) is 3.36. The van der Waals surface area contributed by atoms with E-state index in [0.717, 1.165) is 0 Å². The van der Waals surface area contributed by atoms with Gasteiger partial charge in [0.2, 0.25) is 0 Å². The van der Waals surface area contributed by atoms with Crippen LogP contribution in [0.1, 0.15) is 16.1 Å². The molecular formula is C10H14N2O5. The molecule has 0 spiro atoms. The van der Waals surface area contributed by atoms with E-state index in [-0.39, 0.29) is 12.0 Å². The second kappa shape index (κ2) is 5.44. The molecular weight excluding hydrogens is 228 g/mol. The number of hydrogen-bond acceptors (Lipinski definition) is 6. The SMILES string of the molecule is COC(=O)c1cnn(C)c1CC(O)C(=O)OC. The fourth-order valence-corrected chi connectivity index (χ4v) is 1.39. The number of hydrogen-bond donors (Lipinski definition) is 1. The first-order chi connectivity index (χ1) is 8.01. The minimum Gasteiger partial charge on any atom is -0.467 e. The van der Waals surface area contributed by atoms with Gasteiger partial charge in [-0.2, -0.15) is 5.10 Å². The van der Waals surface area contributed by atoms with Crippen LogP contribution in [0.15, 0.2) is 6.20 Å². The Bertz CT molecular complexity index is 426. The minimum atomic E-state index is -1.33. The maximum atomic E-state index is 11.4. The first-order valence-electron chi connectivity index (χ1n) is 4.86. The first kappa shape index (κ1) is 13.2. The molecule has 1 atom stereocenters. The molecule has 1 rings (SSSR count). The zero-order chi connectivity index (χ0) is 13.0. The molecule has 7 heteroatoms. The van der Waals surface area contributed by atoms with Crippen LogP contribution in [0.5, 0.6) is 0 Å². The zero-order valence-corrected chi connectivity index (χ0v) is 9.84. The van der Waals surface area contributed by atoms with Gasteiger partial charge in [-0.3, -0.25) is 4.68 Å². The predicted molar refractivity (Wildman–Crippen MR) is 56.3 cm³/mol. The van der Waals surface area contributed by atoms with Crippen LogP contribution in [0, 0.1) is 0 Å². The first-order valence-corrected chi connectivity index (χ1v) is 4.86. The number of aromatic nitrogens is 2. The highest BCUT2D eigenvalue weighted by atomic mass is 16.5. The molecule has 0 saturated heterocycles. The van der Waals surface area contributed by atoms with Crippen molar-refractivity contribution in [1.29, 1.82) is 0 Å². The van der Waals surface area contributed by atoms with Crippen molar-refractivity contribution in [2.75, 3.05) is 14.2 Å². The molecule has 0 radical (unpaired) electrons. The molecule has 7 nitrogen and oxygen atoms in total. The number of nitrogens with zero attached hydrogens (tertiary/aromatic N) is 2. The lowest BCUT2D eigenvalue weighted by atomic mass is 10.1. The van der Waals surface area contributed by atoms with Crippen molar-refractivity contribution < 1.29 is 24.2 Å². The highest BCUT2D eigenvalue weighted by Crippen LogP contribution is 2.12. The summed E-state index contributed by atoms with van der Waals surface area (Å²) in [5.41, 5.74) is 0.632. The Morgan fingerprint density at radius 1 is 1.47 bits per heavy atom. The van der Waals surface area contributed by atoms with Crippen molar-refractivity contribution in [2.45, 2.75) is 12.5 Å². The van der Waals surface area contributed by atoms with Gasteiger partial charge in [-0.05, 0) is 0 Å². The van der Waals surface area contributed by atoms with E-state index in [4.69, 9.17) is 0 Å². The summed E-state index contributed by atoms with van der Waals surface area (Å²) in [5, 5.41) is 13.4. The Labute approximate surface area is 97.9 Å². The number of ether oxygens (including phenoxy) is 2. The lowest BCUT2D eigenvalue weighted by molar-refractivity contribution is -0.150. The molecule has 0 fully saturated rings. The molecule has 1 unspecified atom stereocenters. The van der Waals surface area contributed by atoms with E-state index in [1.165, 1.54) is 25.1 Å². The predicted octanol–water partition coefficient (Wildman–Crippen LogP) is -0.717. The van der Waals surface area contributed by atoms with Gasteiger partial charge in [0.15, 0.2) is 6.10 Å². The topological polar surface area (TPSA) is 90.6 Å². The molecule has 0 aliphatic heterocycles. The number of rotatable bonds is 4. The van der Waals surface area contributed by atoms with E-state index in [1.807, 2.05) is 0 Å². The van der Waals surface area contributed by atoms with Gasteiger partial charge >= 0.3 is 11.9 Å². The molecule has 17 heavy (non-hydrogen) atoms. The van der Waals surface area contributed by atoms with Crippen LogP contribution < -0.4 is 0 Å². The zero-order valence-electron chi connectivity index (χ0n) is 9.84. The highest BCUT2D eigenvalue weighted by Gasteiger charge is 2.23. The number of carbonyl (C=O) groups excluding carboxylic acids is 2. The maximum Gasteiger partial charge on any atom is 0.341 e. The van der Waals surface area contributed by atoms with Crippen molar-refractivity contribution in [1.82, 2.24) is 9.78 Å². The van der Waals surface area contributed by atoms with E-state index in [0.29, 0.717) is 5.69 Å². The van der Waals surface area contributed by atoms with Gasteiger partial charge in [-0.15, -0.1) is 0 Å². The van der Waals surface area contributed by atoms with Gasteiger partial charge in [0.05, 0.1) is 26.1 Å². The standard InChI is InChI=1S/C10H14N2O5/c1-12-7(4-8(13)10(15)17-3)6(5-11-12)9(14)16-2/h5,8,13H,4H2,1-3H3. The second-order valence-electron chi connectivity index (χ2n) is 3.36. The number of carbonyl (C=O) groups is 2. The molecule has 0 aliphatic carbocycles. The van der Waals surface area contributed by atoms with Crippen molar-refractivity contribution in [2.24, 2.45) is 7.05 Å². The average molecular weight is 242 g/mol. The number of aliphatic hydroxyl groups is 1. The summed E-state index contributed by atoms with van der Waals surface area (Å²) >= 11 is 0. The summed E-state index contributed by atoms with van der Waals surface area (Å²) in [5.74, 6) is -1.33. The highest BCUT2D eigenvalue weighted by molar-refractivity contribution is 5.90. The summed E-state index contributed by atoms with van der Waals surface area (Å²) in [6.45, 7) is 0. The average Bonchev–Trinajstić information content (AvgIpc) is 2.69. The molecule has 1 aromatic heterocycles. The molecule has 0 aliphatic rings. The number of aliphatic hydroxyl groups excluding tert-OH is 1. The quantitative estimate of drug-likeness (QED) is 0.701. The molecule has 0 saturated carbocycles. The Morgan fingerprint density at radius 3 is 2.65 bits per heavy atom. The molecule has 1 aromatic rings. The number of methoxy groups -OCH3 is 2. The van der Waals surface area contributed by atoms with Gasteiger partial charge in [0, 0.05) is 13.5 Å². The Balaban J connectivity index is 2.93. The van der Waals surface area contributed by atoms with E-state index in [9.17, 15) is 14.7 Å². The molecule has 0 aromatic carbocycles. The van der Waals surface area contributed by atoms with Crippen LogP contribution in [-0.2, 0) is 27.7 Å². The van der Waals surface area contributed by atoms with Crippen LogP contribution in [0.3, 0.4) is 0 Å². The molecule has 94 valence electrons.